The van der Waals surface area contributed by atoms with E-state index in [1.807, 2.05) is 18.2 Å². The van der Waals surface area contributed by atoms with Crippen LogP contribution < -0.4 is 0 Å². The highest BCUT2D eigenvalue weighted by molar-refractivity contribution is 6.36. The number of nitrogens with zero attached hydrogens (tertiary/aromatic N) is 2. The Labute approximate surface area is 185 Å². The van der Waals surface area contributed by atoms with Crippen LogP contribution in [0.2, 0.25) is 10.0 Å². The Balaban J connectivity index is 1.75. The first-order valence-electron chi connectivity index (χ1n) is 10.7. The van der Waals surface area contributed by atoms with E-state index >= 15 is 0 Å². The van der Waals surface area contributed by atoms with Crippen molar-refractivity contribution in [1.82, 2.24) is 4.90 Å². The van der Waals surface area contributed by atoms with Crippen LogP contribution in [-0.2, 0) is 12.0 Å². The van der Waals surface area contributed by atoms with Crippen LogP contribution in [0, 0.1) is 17.2 Å². The highest BCUT2D eigenvalue weighted by Gasteiger charge is 2.45. The minimum absolute atomic E-state index is 0.346. The molecule has 1 saturated carbocycles. The molecule has 154 valence electrons. The lowest BCUT2D eigenvalue weighted by Gasteiger charge is -2.42. The number of rotatable bonds is 10. The topological polar surface area (TPSA) is 27.0 Å². The van der Waals surface area contributed by atoms with E-state index in [2.05, 4.69) is 48.2 Å². The summed E-state index contributed by atoms with van der Waals surface area (Å²) in [6.07, 6.45) is 6.22. The molecule has 0 amide bonds. The normalized spacial score (nSPS) is 16.2. The van der Waals surface area contributed by atoms with Crippen LogP contribution in [0.15, 0.2) is 48.5 Å². The third-order valence-corrected chi connectivity index (χ3v) is 6.87. The smallest absolute Gasteiger partial charge is 0.0879 e. The molecule has 0 N–H and O–H groups in total. The summed E-state index contributed by atoms with van der Waals surface area (Å²) in [4.78, 5) is 2.49. The van der Waals surface area contributed by atoms with Crippen molar-refractivity contribution in [2.24, 2.45) is 5.92 Å². The number of nitriles is 1. The second kappa shape index (κ2) is 10.5. The van der Waals surface area contributed by atoms with E-state index in [1.165, 1.54) is 12.0 Å². The molecule has 0 heterocycles. The quantitative estimate of drug-likeness (QED) is 0.398. The van der Waals surface area contributed by atoms with Crippen LogP contribution >= 0.6 is 23.2 Å². The first kappa shape index (κ1) is 22.2. The van der Waals surface area contributed by atoms with Gasteiger partial charge in [-0.05, 0) is 68.8 Å². The van der Waals surface area contributed by atoms with E-state index in [0.29, 0.717) is 16.0 Å². The Morgan fingerprint density at radius 3 is 2.28 bits per heavy atom. The largest absolute Gasteiger partial charge is 0.299 e. The second-order valence-corrected chi connectivity index (χ2v) is 8.99. The highest BCUT2D eigenvalue weighted by Crippen LogP contribution is 2.50. The Morgan fingerprint density at radius 1 is 1.03 bits per heavy atom. The van der Waals surface area contributed by atoms with Gasteiger partial charge in [-0.2, -0.15) is 5.26 Å². The maximum absolute atomic E-state index is 10.3. The molecule has 29 heavy (non-hydrogen) atoms. The zero-order valence-corrected chi connectivity index (χ0v) is 18.7. The maximum atomic E-state index is 10.3. The summed E-state index contributed by atoms with van der Waals surface area (Å²) >= 11 is 13.1. The van der Waals surface area contributed by atoms with Gasteiger partial charge in [0.1, 0.15) is 0 Å². The average Bonchev–Trinajstić information content (AvgIpc) is 2.67. The van der Waals surface area contributed by atoms with Gasteiger partial charge in [-0.3, -0.25) is 4.90 Å². The van der Waals surface area contributed by atoms with Gasteiger partial charge in [-0.25, -0.2) is 0 Å². The molecule has 1 atom stereocenters. The Bertz CT molecular complexity index is 806. The highest BCUT2D eigenvalue weighted by atomic mass is 35.5. The Hall–Kier alpha value is -1.53. The van der Waals surface area contributed by atoms with Crippen molar-refractivity contribution in [3.8, 4) is 6.07 Å². The average molecular weight is 429 g/mol. The van der Waals surface area contributed by atoms with Crippen molar-refractivity contribution >= 4 is 23.2 Å². The Morgan fingerprint density at radius 2 is 1.72 bits per heavy atom. The molecule has 1 fully saturated rings. The van der Waals surface area contributed by atoms with Gasteiger partial charge in [0.05, 0.1) is 11.5 Å². The summed E-state index contributed by atoms with van der Waals surface area (Å²) in [7, 11) is 0. The molecule has 4 heteroatoms. The minimum atomic E-state index is -0.585. The molecule has 0 radical (unpaired) electrons. The lowest BCUT2D eigenvalue weighted by atomic mass is 9.60. The number of hydrogen-bond donors (Lipinski definition) is 0. The summed E-state index contributed by atoms with van der Waals surface area (Å²) < 4.78 is 0. The zero-order valence-electron chi connectivity index (χ0n) is 17.2. The number of benzene rings is 2. The van der Waals surface area contributed by atoms with Crippen LogP contribution in [0.3, 0.4) is 0 Å². The van der Waals surface area contributed by atoms with E-state index in [1.54, 1.807) is 0 Å². The van der Waals surface area contributed by atoms with Crippen LogP contribution in [0.4, 0.5) is 0 Å². The van der Waals surface area contributed by atoms with Crippen molar-refractivity contribution in [2.45, 2.75) is 57.4 Å². The van der Waals surface area contributed by atoms with E-state index in [4.69, 9.17) is 23.2 Å². The van der Waals surface area contributed by atoms with Crippen molar-refractivity contribution in [1.29, 1.82) is 5.26 Å². The monoisotopic (exact) mass is 428 g/mol. The van der Waals surface area contributed by atoms with Crippen LogP contribution in [0.5, 0.6) is 0 Å². The van der Waals surface area contributed by atoms with Gasteiger partial charge in [0, 0.05) is 22.2 Å². The van der Waals surface area contributed by atoms with E-state index in [-0.39, 0.29) is 0 Å². The summed E-state index contributed by atoms with van der Waals surface area (Å²) in [6, 6.07) is 18.9. The molecule has 1 aliphatic rings. The van der Waals surface area contributed by atoms with Crippen molar-refractivity contribution in [2.75, 3.05) is 13.1 Å². The summed E-state index contributed by atoms with van der Waals surface area (Å²) in [5.41, 5.74) is 1.60. The molecular weight excluding hydrogens is 399 g/mol. The maximum Gasteiger partial charge on any atom is 0.0879 e. The van der Waals surface area contributed by atoms with Gasteiger partial charge >= 0.3 is 0 Å². The summed E-state index contributed by atoms with van der Waals surface area (Å²) in [5, 5.41) is 11.6. The molecule has 3 rings (SSSR count). The lowest BCUT2D eigenvalue weighted by molar-refractivity contribution is 0.182. The first-order chi connectivity index (χ1) is 14.1. The van der Waals surface area contributed by atoms with Gasteiger partial charge in [0.15, 0.2) is 0 Å². The van der Waals surface area contributed by atoms with Crippen LogP contribution in [0.25, 0.3) is 0 Å². The van der Waals surface area contributed by atoms with E-state index < -0.39 is 5.41 Å². The molecule has 0 aromatic heterocycles. The Kier molecular flexibility index (Phi) is 8.01. The predicted molar refractivity (Wildman–Crippen MR) is 122 cm³/mol. The summed E-state index contributed by atoms with van der Waals surface area (Å²) in [6.45, 7) is 5.20. The standard InChI is InChI=1S/C25H30Cl2N2/c1-2-16-29(18-20-9-4-3-5-10-20)17-8-15-25(19-28,21-11-6-12-21)24-22(26)13-7-14-23(24)27/h3-5,7,9-10,13-14,21H,2,6,8,11-12,15-18H2,1H3. The van der Waals surface area contributed by atoms with Gasteiger partial charge in [-0.1, -0.05) is 72.9 Å². The van der Waals surface area contributed by atoms with Crippen molar-refractivity contribution in [3.05, 3.63) is 69.7 Å². The van der Waals surface area contributed by atoms with E-state index in [0.717, 1.165) is 57.3 Å². The van der Waals surface area contributed by atoms with Crippen molar-refractivity contribution in [3.63, 3.8) is 0 Å². The van der Waals surface area contributed by atoms with Crippen LogP contribution in [0.1, 0.15) is 56.6 Å². The first-order valence-corrected chi connectivity index (χ1v) is 11.5. The third-order valence-electron chi connectivity index (χ3n) is 6.24. The number of hydrogen-bond acceptors (Lipinski definition) is 2. The van der Waals surface area contributed by atoms with Crippen LogP contribution in [-0.4, -0.2) is 18.0 Å². The van der Waals surface area contributed by atoms with Gasteiger partial charge < -0.3 is 0 Å². The molecular formula is C25H30Cl2N2. The molecule has 0 aliphatic heterocycles. The molecule has 0 saturated heterocycles. The zero-order chi connectivity index (χ0) is 20.7. The number of halogens is 2. The van der Waals surface area contributed by atoms with E-state index in [9.17, 15) is 5.26 Å². The molecule has 2 nitrogen and oxygen atoms in total. The molecule has 1 unspecified atom stereocenters. The molecule has 2 aromatic carbocycles. The lowest BCUT2D eigenvalue weighted by Crippen LogP contribution is -2.39. The van der Waals surface area contributed by atoms with Gasteiger partial charge in [0.25, 0.3) is 0 Å². The summed E-state index contributed by atoms with van der Waals surface area (Å²) in [5.74, 6) is 0.346. The fourth-order valence-electron chi connectivity index (χ4n) is 4.57. The SMILES string of the molecule is CCCN(CCCC(C#N)(c1c(Cl)cccc1Cl)C1CCC1)Cc1ccccc1. The molecule has 1 aliphatic carbocycles. The third kappa shape index (κ3) is 5.15. The van der Waals surface area contributed by atoms with Crippen molar-refractivity contribution < 1.29 is 0 Å². The van der Waals surface area contributed by atoms with Gasteiger partial charge in [0.2, 0.25) is 0 Å². The van der Waals surface area contributed by atoms with Gasteiger partial charge in [-0.15, -0.1) is 0 Å². The molecule has 2 aromatic rings. The fourth-order valence-corrected chi connectivity index (χ4v) is 5.31. The predicted octanol–water partition coefficient (Wildman–Crippen LogP) is 7.25. The second-order valence-electron chi connectivity index (χ2n) is 8.17. The molecule has 0 spiro atoms. The fraction of sp³-hybridized carbons (Fsp3) is 0.480. The molecule has 0 bridgehead atoms. The minimum Gasteiger partial charge on any atom is -0.299 e.